The molecular formula is C24H29N3O4. The molecule has 2 N–H and O–H groups in total. The van der Waals surface area contributed by atoms with Crippen molar-refractivity contribution in [1.29, 1.82) is 0 Å². The van der Waals surface area contributed by atoms with Gasteiger partial charge in [-0.05, 0) is 68.0 Å². The van der Waals surface area contributed by atoms with E-state index in [0.717, 1.165) is 36.1 Å². The van der Waals surface area contributed by atoms with E-state index in [1.165, 1.54) is 5.57 Å². The first kappa shape index (κ1) is 22.3. The number of urea groups is 1. The number of rotatable bonds is 6. The molecule has 3 amide bonds. The Morgan fingerprint density at radius 3 is 2.77 bits per heavy atom. The number of hydrogen-bond donors (Lipinski definition) is 2. The van der Waals surface area contributed by atoms with E-state index in [4.69, 9.17) is 4.74 Å². The standard InChI is InChI=1S/C24H29N3O4/c1-3-31-22(28)16-26-24(30)25-15-20-12-11-19(14-17(20)2)23(29)27-13-7-9-18-8-5-4-6-10-21(18)27/h4-6,10-12,14H,3,7-9,13,15-16H2,1-2H3,(H2,25,26,30). The van der Waals surface area contributed by atoms with Crippen molar-refractivity contribution in [1.82, 2.24) is 15.5 Å². The third kappa shape index (κ3) is 5.84. The average molecular weight is 424 g/mol. The summed E-state index contributed by atoms with van der Waals surface area (Å²) in [6.45, 7) is 4.73. The van der Waals surface area contributed by atoms with Crippen molar-refractivity contribution >= 4 is 17.9 Å². The molecule has 0 unspecified atom stereocenters. The Morgan fingerprint density at radius 2 is 2.00 bits per heavy atom. The maximum absolute atomic E-state index is 13.2. The van der Waals surface area contributed by atoms with Crippen molar-refractivity contribution in [2.75, 3.05) is 19.7 Å². The van der Waals surface area contributed by atoms with Crippen LogP contribution in [0.5, 0.6) is 0 Å². The molecule has 0 atom stereocenters. The van der Waals surface area contributed by atoms with Crippen LogP contribution in [0.25, 0.3) is 0 Å². The highest BCUT2D eigenvalue weighted by molar-refractivity contribution is 5.96. The number of amides is 3. The minimum absolute atomic E-state index is 0.00598. The van der Waals surface area contributed by atoms with E-state index in [9.17, 15) is 14.4 Å². The van der Waals surface area contributed by atoms with E-state index in [0.29, 0.717) is 18.7 Å². The van der Waals surface area contributed by atoms with E-state index in [-0.39, 0.29) is 19.1 Å². The fourth-order valence-electron chi connectivity index (χ4n) is 3.74. The molecule has 2 aliphatic rings. The molecule has 0 spiro atoms. The summed E-state index contributed by atoms with van der Waals surface area (Å²) in [6, 6.07) is 5.08. The van der Waals surface area contributed by atoms with Gasteiger partial charge in [0.25, 0.3) is 5.91 Å². The number of benzene rings is 1. The summed E-state index contributed by atoms with van der Waals surface area (Å²) in [4.78, 5) is 38.3. The first-order valence-electron chi connectivity index (χ1n) is 10.6. The molecule has 7 nitrogen and oxygen atoms in total. The van der Waals surface area contributed by atoms with Gasteiger partial charge in [0.05, 0.1) is 6.61 Å². The largest absolute Gasteiger partial charge is 0.465 e. The van der Waals surface area contributed by atoms with E-state index in [2.05, 4.69) is 16.7 Å². The molecule has 0 fully saturated rings. The minimum atomic E-state index is -0.480. The van der Waals surface area contributed by atoms with Crippen LogP contribution in [0, 0.1) is 6.92 Å². The third-order valence-electron chi connectivity index (χ3n) is 5.35. The van der Waals surface area contributed by atoms with E-state index in [1.807, 2.05) is 42.2 Å². The van der Waals surface area contributed by atoms with Crippen molar-refractivity contribution in [3.8, 4) is 0 Å². The number of carbonyl (C=O) groups is 3. The lowest BCUT2D eigenvalue weighted by Crippen LogP contribution is -2.38. The molecule has 1 aromatic rings. The van der Waals surface area contributed by atoms with Gasteiger partial charge in [-0.2, -0.15) is 0 Å². The van der Waals surface area contributed by atoms with E-state index in [1.54, 1.807) is 13.0 Å². The second-order valence-corrected chi connectivity index (χ2v) is 7.52. The molecule has 0 saturated heterocycles. The summed E-state index contributed by atoms with van der Waals surface area (Å²) in [7, 11) is 0. The molecular weight excluding hydrogens is 394 g/mol. The van der Waals surface area contributed by atoms with E-state index < -0.39 is 12.0 Å². The highest BCUT2D eigenvalue weighted by Crippen LogP contribution is 2.29. The number of carbonyl (C=O) groups excluding carboxylic acids is 3. The molecule has 0 radical (unpaired) electrons. The molecule has 164 valence electrons. The number of nitrogens with zero attached hydrogens (tertiary/aromatic N) is 1. The lowest BCUT2D eigenvalue weighted by Gasteiger charge is -2.30. The Hall–Kier alpha value is -3.35. The molecule has 0 aromatic heterocycles. The van der Waals surface area contributed by atoms with Crippen LogP contribution in [-0.2, 0) is 16.1 Å². The number of nitrogens with one attached hydrogen (secondary N) is 2. The maximum atomic E-state index is 13.2. The third-order valence-corrected chi connectivity index (χ3v) is 5.35. The first-order valence-corrected chi connectivity index (χ1v) is 10.6. The zero-order chi connectivity index (χ0) is 22.2. The Morgan fingerprint density at radius 1 is 1.16 bits per heavy atom. The molecule has 0 bridgehead atoms. The van der Waals surface area contributed by atoms with Crippen LogP contribution in [0.15, 0.2) is 53.8 Å². The Kier molecular flexibility index (Phi) is 7.65. The van der Waals surface area contributed by atoms with Gasteiger partial charge in [0.15, 0.2) is 0 Å². The zero-order valence-electron chi connectivity index (χ0n) is 18.1. The molecule has 1 aromatic carbocycles. The minimum Gasteiger partial charge on any atom is -0.465 e. The normalized spacial score (nSPS) is 15.2. The van der Waals surface area contributed by atoms with Gasteiger partial charge in [0, 0.05) is 24.4 Å². The van der Waals surface area contributed by atoms with Crippen LogP contribution in [0.4, 0.5) is 4.79 Å². The fourth-order valence-corrected chi connectivity index (χ4v) is 3.74. The maximum Gasteiger partial charge on any atom is 0.325 e. The van der Waals surface area contributed by atoms with Gasteiger partial charge in [-0.25, -0.2) is 4.79 Å². The van der Waals surface area contributed by atoms with Crippen molar-refractivity contribution < 1.29 is 19.1 Å². The van der Waals surface area contributed by atoms with Crippen LogP contribution in [0.3, 0.4) is 0 Å². The molecule has 1 aliphatic heterocycles. The van der Waals surface area contributed by atoms with E-state index >= 15 is 0 Å². The summed E-state index contributed by atoms with van der Waals surface area (Å²) in [5.74, 6) is -0.486. The summed E-state index contributed by atoms with van der Waals surface area (Å²) < 4.78 is 4.77. The second-order valence-electron chi connectivity index (χ2n) is 7.52. The monoisotopic (exact) mass is 423 g/mol. The molecule has 7 heteroatoms. The van der Waals surface area contributed by atoms with Gasteiger partial charge < -0.3 is 20.3 Å². The quantitative estimate of drug-likeness (QED) is 0.687. The van der Waals surface area contributed by atoms with Crippen LogP contribution in [0.1, 0.15) is 47.7 Å². The molecule has 1 heterocycles. The average Bonchev–Trinajstić information content (AvgIpc) is 3.02. The first-order chi connectivity index (χ1) is 15.0. The number of aryl methyl sites for hydroxylation is 1. The number of allylic oxidation sites excluding steroid dienone is 5. The fraction of sp³-hybridized carbons (Fsp3) is 0.375. The summed E-state index contributed by atoms with van der Waals surface area (Å²) in [5, 5.41) is 5.18. The smallest absolute Gasteiger partial charge is 0.325 e. The zero-order valence-corrected chi connectivity index (χ0v) is 18.1. The molecule has 3 rings (SSSR count). The predicted molar refractivity (Wildman–Crippen MR) is 118 cm³/mol. The number of esters is 1. The topological polar surface area (TPSA) is 87.7 Å². The van der Waals surface area contributed by atoms with Gasteiger partial charge in [0.2, 0.25) is 0 Å². The number of hydrogen-bond acceptors (Lipinski definition) is 4. The van der Waals surface area contributed by atoms with Crippen LogP contribution in [-0.4, -0.2) is 42.5 Å². The van der Waals surface area contributed by atoms with Crippen molar-refractivity contribution in [2.45, 2.75) is 39.7 Å². The van der Waals surface area contributed by atoms with Crippen LogP contribution in [0.2, 0.25) is 0 Å². The summed E-state index contributed by atoms with van der Waals surface area (Å²) >= 11 is 0. The van der Waals surface area contributed by atoms with Gasteiger partial charge >= 0.3 is 12.0 Å². The van der Waals surface area contributed by atoms with Gasteiger partial charge in [0.1, 0.15) is 6.54 Å². The van der Waals surface area contributed by atoms with Crippen molar-refractivity contribution in [3.05, 3.63) is 70.5 Å². The van der Waals surface area contributed by atoms with Crippen LogP contribution < -0.4 is 10.6 Å². The Balaban J connectivity index is 1.62. The summed E-state index contributed by atoms with van der Waals surface area (Å²) in [5.41, 5.74) is 4.77. The van der Waals surface area contributed by atoms with Crippen molar-refractivity contribution in [3.63, 3.8) is 0 Å². The summed E-state index contributed by atoms with van der Waals surface area (Å²) in [6.07, 6.45) is 11.0. The van der Waals surface area contributed by atoms with Gasteiger partial charge in [-0.15, -0.1) is 0 Å². The highest BCUT2D eigenvalue weighted by atomic mass is 16.5. The number of ether oxygens (including phenoxy) is 1. The van der Waals surface area contributed by atoms with Gasteiger partial charge in [-0.1, -0.05) is 24.3 Å². The Bertz CT molecular complexity index is 946. The predicted octanol–water partition coefficient (Wildman–Crippen LogP) is 3.36. The molecule has 0 saturated carbocycles. The van der Waals surface area contributed by atoms with Crippen molar-refractivity contribution in [2.24, 2.45) is 0 Å². The second kappa shape index (κ2) is 10.6. The van der Waals surface area contributed by atoms with Gasteiger partial charge in [-0.3, -0.25) is 9.59 Å². The SMILES string of the molecule is CCOC(=O)CNC(=O)NCc1ccc(C(=O)N2CCCC3=C2C=CC=CC3)cc1C. The highest BCUT2D eigenvalue weighted by Gasteiger charge is 2.25. The lowest BCUT2D eigenvalue weighted by molar-refractivity contribution is -0.141. The van der Waals surface area contributed by atoms with Crippen LogP contribution >= 0.6 is 0 Å². The molecule has 1 aliphatic carbocycles. The Labute approximate surface area is 182 Å². The molecule has 31 heavy (non-hydrogen) atoms. The lowest BCUT2D eigenvalue weighted by atomic mass is 9.98.